The van der Waals surface area contributed by atoms with Gasteiger partial charge >= 0.3 is 41.5 Å². The van der Waals surface area contributed by atoms with Gasteiger partial charge in [-0.15, -0.1) is 0 Å². The summed E-state index contributed by atoms with van der Waals surface area (Å²) in [4.78, 5) is 26.9. The van der Waals surface area contributed by atoms with Crippen molar-refractivity contribution in [3.63, 3.8) is 0 Å². The van der Waals surface area contributed by atoms with Crippen molar-refractivity contribution in [3.8, 4) is 0 Å². The second kappa shape index (κ2) is 11.0. The Bertz CT molecular complexity index is 1280. The molecule has 0 unspecified atom stereocenters. The average Bonchev–Trinajstić information content (AvgIpc) is 3.53. The van der Waals surface area contributed by atoms with E-state index in [1.807, 2.05) is 54.6 Å². The van der Waals surface area contributed by atoms with E-state index in [-0.39, 0.29) is 0 Å². The molecule has 3 N–H and O–H groups in total. The first-order valence-electron chi connectivity index (χ1n) is 10.8. The fourth-order valence-corrected chi connectivity index (χ4v) is 4.04. The second-order valence-electron chi connectivity index (χ2n) is 7.92. The molecule has 6 rings (SSSR count). The Hall–Kier alpha value is -2.57. The maximum absolute atomic E-state index is 4.93. The van der Waals surface area contributed by atoms with Crippen molar-refractivity contribution in [1.82, 2.24) is 34.8 Å². The van der Waals surface area contributed by atoms with E-state index < -0.39 is 11.4 Å². The summed E-state index contributed by atoms with van der Waals surface area (Å²) in [6.45, 7) is 1.97. The van der Waals surface area contributed by atoms with Crippen molar-refractivity contribution in [2.45, 2.75) is 19.6 Å². The molecule has 11 heteroatoms. The van der Waals surface area contributed by atoms with E-state index in [2.05, 4.69) is 38.1 Å². The molecule has 3 aromatic heterocycles. The van der Waals surface area contributed by atoms with Gasteiger partial charge in [0.25, 0.3) is 0 Å². The van der Waals surface area contributed by atoms with Gasteiger partial charge in [0.1, 0.15) is 17.5 Å². The van der Waals surface area contributed by atoms with Gasteiger partial charge < -0.3 is 15.0 Å². The van der Waals surface area contributed by atoms with Crippen LogP contribution in [0, 0.1) is 0 Å². The van der Waals surface area contributed by atoms with Crippen LogP contribution in [-0.2, 0) is 31.0 Å². The molecule has 3 aromatic carbocycles. The Morgan fingerprint density at radius 3 is 1.11 bits per heavy atom. The summed E-state index contributed by atoms with van der Waals surface area (Å²) >= 11 is -1.62. The van der Waals surface area contributed by atoms with E-state index in [1.54, 1.807) is 0 Å². The SMILES string of the molecule is [Cl][Cr+]([Cl])[Cl].c1ccc2[nH]c(CN(Cc3nc4ccccc4[nH]3)Cc3nc4ccccc4[nH]3)nc2c1. The van der Waals surface area contributed by atoms with E-state index in [0.717, 1.165) is 50.6 Å². The number of imidazole rings is 3. The number of H-pyrrole nitrogens is 3. The van der Waals surface area contributed by atoms with Crippen molar-refractivity contribution in [1.29, 1.82) is 0 Å². The smallest absolute Gasteiger partial charge is 0.121 e. The molecule has 0 bridgehead atoms. The number of nitrogens with zero attached hydrogens (tertiary/aromatic N) is 4. The number of fused-ring (bicyclic) bond motifs is 3. The van der Waals surface area contributed by atoms with E-state index in [0.29, 0.717) is 19.6 Å². The van der Waals surface area contributed by atoms with Gasteiger partial charge in [0.2, 0.25) is 0 Å². The van der Waals surface area contributed by atoms with Crippen LogP contribution in [0.2, 0.25) is 0 Å². The zero-order valence-electron chi connectivity index (χ0n) is 18.4. The largest absolute Gasteiger partial charge is 0.341 e. The van der Waals surface area contributed by atoms with Crippen molar-refractivity contribution >= 4 is 63.2 Å². The maximum Gasteiger partial charge on any atom is 0.121 e. The molecule has 0 amide bonds. The first-order chi connectivity index (χ1) is 17.0. The van der Waals surface area contributed by atoms with Crippen molar-refractivity contribution in [2.24, 2.45) is 0 Å². The number of nitrogens with one attached hydrogen (secondary N) is 3. The molecular formula is C24H21Cl3CrN7+. The number of benzene rings is 3. The van der Waals surface area contributed by atoms with Gasteiger partial charge in [0.05, 0.1) is 52.7 Å². The number of halogens is 3. The predicted molar refractivity (Wildman–Crippen MR) is 139 cm³/mol. The fraction of sp³-hybridized carbons (Fsp3) is 0.125. The standard InChI is InChI=1S/C24H21N7.3ClH.Cr/c1-2-8-17-16(7-1)25-22(26-17)13-31(14-23-27-18-9-3-4-10-19(18)28-23)15-24-29-20-11-5-6-12-21(20)30-24;;;;/h1-12H,13-15H2,(H,25,26)(H,27,28)(H,29,30);3*1H;/q;;;;+4/p-3. The number of para-hydroxylation sites is 6. The number of rotatable bonds is 6. The van der Waals surface area contributed by atoms with Gasteiger partial charge in [-0.2, -0.15) is 0 Å². The number of aromatic amines is 3. The zero-order chi connectivity index (χ0) is 24.2. The molecule has 178 valence electrons. The summed E-state index contributed by atoms with van der Waals surface area (Å²) < 4.78 is 0. The Morgan fingerprint density at radius 2 is 0.829 bits per heavy atom. The second-order valence-corrected chi connectivity index (χ2v) is 14.2. The molecule has 0 fully saturated rings. The third-order valence-corrected chi connectivity index (χ3v) is 5.44. The molecule has 0 aliphatic carbocycles. The maximum atomic E-state index is 4.93. The van der Waals surface area contributed by atoms with Gasteiger partial charge in [-0.3, -0.25) is 4.90 Å². The summed E-state index contributed by atoms with van der Waals surface area (Å²) in [6.07, 6.45) is 0. The summed E-state index contributed by atoms with van der Waals surface area (Å²) in [7, 11) is 14.8. The van der Waals surface area contributed by atoms with Crippen LogP contribution in [0.1, 0.15) is 17.5 Å². The van der Waals surface area contributed by atoms with E-state index in [4.69, 9.17) is 45.1 Å². The summed E-state index contributed by atoms with van der Waals surface area (Å²) in [5.74, 6) is 2.77. The van der Waals surface area contributed by atoms with E-state index in [9.17, 15) is 0 Å². The van der Waals surface area contributed by atoms with Crippen LogP contribution in [0.3, 0.4) is 0 Å². The molecule has 7 nitrogen and oxygen atoms in total. The molecule has 0 aliphatic heterocycles. The van der Waals surface area contributed by atoms with Crippen LogP contribution in [0.15, 0.2) is 72.8 Å². The molecule has 0 saturated carbocycles. The van der Waals surface area contributed by atoms with Crippen LogP contribution in [-0.4, -0.2) is 34.8 Å². The predicted octanol–water partition coefficient (Wildman–Crippen LogP) is 6.58. The summed E-state index contributed by atoms with van der Waals surface area (Å²) in [6, 6.07) is 24.3. The fourth-order valence-electron chi connectivity index (χ4n) is 4.04. The molecule has 0 radical (unpaired) electrons. The molecular weight excluding hydrogens is 545 g/mol. The Balaban J connectivity index is 0.000000591. The molecule has 6 aromatic rings. The van der Waals surface area contributed by atoms with E-state index >= 15 is 0 Å². The Labute approximate surface area is 218 Å². The van der Waals surface area contributed by atoms with Crippen LogP contribution in [0.25, 0.3) is 33.1 Å². The number of hydrogen-bond acceptors (Lipinski definition) is 4. The molecule has 0 spiro atoms. The molecule has 0 saturated heterocycles. The first kappa shape index (κ1) is 24.1. The van der Waals surface area contributed by atoms with Crippen molar-refractivity contribution in [3.05, 3.63) is 90.3 Å². The molecule has 3 heterocycles. The minimum Gasteiger partial charge on any atom is -0.341 e. The third kappa shape index (κ3) is 6.17. The van der Waals surface area contributed by atoms with Gasteiger partial charge in [0.15, 0.2) is 0 Å². The quantitative estimate of drug-likeness (QED) is 0.213. The van der Waals surface area contributed by atoms with Gasteiger partial charge in [-0.1, -0.05) is 36.4 Å². The van der Waals surface area contributed by atoms with Gasteiger partial charge in [-0.05, 0) is 36.4 Å². The number of aromatic nitrogens is 6. The molecule has 0 aliphatic rings. The molecule has 35 heavy (non-hydrogen) atoms. The minimum atomic E-state index is -1.62. The zero-order valence-corrected chi connectivity index (χ0v) is 21.9. The van der Waals surface area contributed by atoms with Crippen molar-refractivity contribution in [2.75, 3.05) is 0 Å². The molecule has 0 atom stereocenters. The van der Waals surface area contributed by atoms with E-state index in [1.165, 1.54) is 0 Å². The Morgan fingerprint density at radius 1 is 0.543 bits per heavy atom. The Kier molecular flexibility index (Phi) is 7.59. The normalized spacial score (nSPS) is 11.6. The minimum absolute atomic E-state index is 0.656. The summed E-state index contributed by atoms with van der Waals surface area (Å²) in [5, 5.41) is 0. The van der Waals surface area contributed by atoms with Crippen LogP contribution >= 0.6 is 30.1 Å². The van der Waals surface area contributed by atoms with Crippen LogP contribution < -0.4 is 0 Å². The summed E-state index contributed by atoms with van der Waals surface area (Å²) in [5.41, 5.74) is 6.07. The van der Waals surface area contributed by atoms with Crippen molar-refractivity contribution < 1.29 is 11.4 Å². The van der Waals surface area contributed by atoms with Crippen LogP contribution in [0.5, 0.6) is 0 Å². The third-order valence-electron chi connectivity index (χ3n) is 5.44. The van der Waals surface area contributed by atoms with Gasteiger partial charge in [-0.25, -0.2) is 15.0 Å². The number of hydrogen-bond donors (Lipinski definition) is 3. The first-order valence-corrected chi connectivity index (χ1v) is 16.1. The van der Waals surface area contributed by atoms with Gasteiger partial charge in [0, 0.05) is 0 Å². The topological polar surface area (TPSA) is 89.3 Å². The monoisotopic (exact) mass is 564 g/mol. The average molecular weight is 566 g/mol. The van der Waals surface area contributed by atoms with Crippen LogP contribution in [0.4, 0.5) is 0 Å².